The molecule has 3 nitrogen and oxygen atoms in total. The molecular formula is C16H25N3S. The summed E-state index contributed by atoms with van der Waals surface area (Å²) >= 11 is 5.21. The molecule has 1 atom stereocenters. The maximum atomic E-state index is 5.89. The van der Waals surface area contributed by atoms with Gasteiger partial charge >= 0.3 is 0 Å². The average molecular weight is 291 g/mol. The van der Waals surface area contributed by atoms with Crippen LogP contribution in [0.1, 0.15) is 62.8 Å². The topological polar surface area (TPSA) is 50.9 Å². The normalized spacial score (nSPS) is 15.5. The summed E-state index contributed by atoms with van der Waals surface area (Å²) in [5.74, 6) is 0.887. The third kappa shape index (κ3) is 3.48. The van der Waals surface area contributed by atoms with Gasteiger partial charge in [0.25, 0.3) is 0 Å². The van der Waals surface area contributed by atoms with Crippen molar-refractivity contribution in [3.63, 3.8) is 0 Å². The number of hydrogen-bond donors (Lipinski definition) is 2. The third-order valence-corrected chi connectivity index (χ3v) is 4.26. The predicted molar refractivity (Wildman–Crippen MR) is 89.4 cm³/mol. The molecule has 1 aliphatic rings. The molecular weight excluding hydrogens is 266 g/mol. The molecule has 0 saturated heterocycles. The van der Waals surface area contributed by atoms with E-state index in [4.69, 9.17) is 22.9 Å². The molecule has 0 saturated carbocycles. The third-order valence-electron chi connectivity index (χ3n) is 4.04. The fraction of sp³-hybridized carbons (Fsp3) is 0.625. The smallest absolute Gasteiger partial charge is 0.136 e. The first kappa shape index (κ1) is 15.2. The Morgan fingerprint density at radius 1 is 1.40 bits per heavy atom. The first-order chi connectivity index (χ1) is 9.65. The lowest BCUT2D eigenvalue weighted by Gasteiger charge is -2.22. The lowest BCUT2D eigenvalue weighted by Crippen LogP contribution is -2.24. The molecule has 1 unspecified atom stereocenters. The van der Waals surface area contributed by atoms with E-state index in [1.165, 1.54) is 30.5 Å². The van der Waals surface area contributed by atoms with Gasteiger partial charge in [0.1, 0.15) is 10.8 Å². The van der Waals surface area contributed by atoms with Crippen LogP contribution in [0.25, 0.3) is 0 Å². The Balaban J connectivity index is 2.31. The van der Waals surface area contributed by atoms with Gasteiger partial charge in [-0.05, 0) is 50.2 Å². The Hall–Kier alpha value is -1.16. The molecule has 0 spiro atoms. The largest absolute Gasteiger partial charge is 0.389 e. The SMILES string of the molecule is CCCC(CC)Nc1nc2c(cc1C(N)=S)CCCC2. The van der Waals surface area contributed by atoms with E-state index in [0.717, 1.165) is 37.1 Å². The predicted octanol–water partition coefficient (Wildman–Crippen LogP) is 3.59. The van der Waals surface area contributed by atoms with Gasteiger partial charge in [-0.3, -0.25) is 0 Å². The zero-order valence-electron chi connectivity index (χ0n) is 12.5. The second-order valence-corrected chi connectivity index (χ2v) is 6.04. The highest BCUT2D eigenvalue weighted by Gasteiger charge is 2.18. The molecule has 1 aliphatic carbocycles. The number of fused-ring (bicyclic) bond motifs is 1. The first-order valence-corrected chi connectivity index (χ1v) is 8.15. The Labute approximate surface area is 127 Å². The Bertz CT molecular complexity index is 485. The van der Waals surface area contributed by atoms with E-state index in [1.54, 1.807) is 0 Å². The maximum Gasteiger partial charge on any atom is 0.136 e. The van der Waals surface area contributed by atoms with Crippen LogP contribution >= 0.6 is 12.2 Å². The summed E-state index contributed by atoms with van der Waals surface area (Å²) < 4.78 is 0. The van der Waals surface area contributed by atoms with Gasteiger partial charge in [-0.2, -0.15) is 0 Å². The van der Waals surface area contributed by atoms with Crippen LogP contribution in [0.15, 0.2) is 6.07 Å². The standard InChI is InChI=1S/C16H25N3S/c1-3-7-12(4-2)18-16-13(15(17)20)10-11-8-5-6-9-14(11)19-16/h10,12H,3-9H2,1-2H3,(H2,17,20)(H,18,19). The zero-order valence-corrected chi connectivity index (χ0v) is 13.4. The number of nitrogens with zero attached hydrogens (tertiary/aromatic N) is 1. The first-order valence-electron chi connectivity index (χ1n) is 7.74. The van der Waals surface area contributed by atoms with Crippen molar-refractivity contribution in [1.82, 2.24) is 4.98 Å². The van der Waals surface area contributed by atoms with Crippen molar-refractivity contribution < 1.29 is 0 Å². The summed E-state index contributed by atoms with van der Waals surface area (Å²) in [4.78, 5) is 5.27. The molecule has 3 N–H and O–H groups in total. The van der Waals surface area contributed by atoms with Crippen molar-refractivity contribution in [2.24, 2.45) is 5.73 Å². The van der Waals surface area contributed by atoms with Gasteiger partial charge in [-0.25, -0.2) is 4.98 Å². The lowest BCUT2D eigenvalue weighted by molar-refractivity contribution is 0.617. The molecule has 1 heterocycles. The van der Waals surface area contributed by atoms with Gasteiger partial charge in [0, 0.05) is 11.7 Å². The Morgan fingerprint density at radius 2 is 2.15 bits per heavy atom. The summed E-state index contributed by atoms with van der Waals surface area (Å²) in [5.41, 5.74) is 9.36. The van der Waals surface area contributed by atoms with Crippen molar-refractivity contribution in [3.8, 4) is 0 Å². The van der Waals surface area contributed by atoms with Crippen molar-refractivity contribution in [2.45, 2.75) is 64.8 Å². The molecule has 0 aliphatic heterocycles. The van der Waals surface area contributed by atoms with Crippen LogP contribution in [-0.2, 0) is 12.8 Å². The number of hydrogen-bond acceptors (Lipinski definition) is 3. The van der Waals surface area contributed by atoms with Crippen molar-refractivity contribution in [2.75, 3.05) is 5.32 Å². The minimum absolute atomic E-state index is 0.444. The average Bonchev–Trinajstić information content (AvgIpc) is 2.45. The second-order valence-electron chi connectivity index (χ2n) is 5.60. The van der Waals surface area contributed by atoms with Crippen LogP contribution in [0.5, 0.6) is 0 Å². The van der Waals surface area contributed by atoms with Crippen LogP contribution in [-0.4, -0.2) is 16.0 Å². The lowest BCUT2D eigenvalue weighted by atomic mass is 9.94. The highest BCUT2D eigenvalue weighted by atomic mass is 32.1. The molecule has 0 radical (unpaired) electrons. The summed E-state index contributed by atoms with van der Waals surface area (Å²) in [7, 11) is 0. The number of pyridine rings is 1. The van der Waals surface area contributed by atoms with Crippen LogP contribution in [0.2, 0.25) is 0 Å². The number of nitrogens with two attached hydrogens (primary N) is 1. The number of nitrogens with one attached hydrogen (secondary N) is 1. The molecule has 0 bridgehead atoms. The minimum Gasteiger partial charge on any atom is -0.389 e. The highest BCUT2D eigenvalue weighted by Crippen LogP contribution is 2.25. The van der Waals surface area contributed by atoms with Gasteiger partial charge < -0.3 is 11.1 Å². The van der Waals surface area contributed by atoms with Gasteiger partial charge in [0.15, 0.2) is 0 Å². The minimum atomic E-state index is 0.444. The molecule has 110 valence electrons. The van der Waals surface area contributed by atoms with E-state index in [1.807, 2.05) is 0 Å². The van der Waals surface area contributed by atoms with E-state index in [-0.39, 0.29) is 0 Å². The number of thiocarbonyl (C=S) groups is 1. The van der Waals surface area contributed by atoms with Crippen molar-refractivity contribution >= 4 is 23.0 Å². The van der Waals surface area contributed by atoms with Crippen LogP contribution < -0.4 is 11.1 Å². The molecule has 0 aromatic carbocycles. The quantitative estimate of drug-likeness (QED) is 0.787. The summed E-state index contributed by atoms with van der Waals surface area (Å²) in [6, 6.07) is 2.60. The molecule has 1 aromatic heterocycles. The van der Waals surface area contributed by atoms with E-state index in [9.17, 15) is 0 Å². The molecule has 0 fully saturated rings. The van der Waals surface area contributed by atoms with Crippen molar-refractivity contribution in [3.05, 3.63) is 22.9 Å². The summed E-state index contributed by atoms with van der Waals surface area (Å²) in [6.45, 7) is 4.41. The van der Waals surface area contributed by atoms with E-state index in [0.29, 0.717) is 11.0 Å². The summed E-state index contributed by atoms with van der Waals surface area (Å²) in [5, 5.41) is 3.55. The zero-order chi connectivity index (χ0) is 14.5. The molecule has 1 aromatic rings. The number of aryl methyl sites for hydroxylation is 2. The molecule has 20 heavy (non-hydrogen) atoms. The van der Waals surface area contributed by atoms with E-state index in [2.05, 4.69) is 25.2 Å². The van der Waals surface area contributed by atoms with E-state index >= 15 is 0 Å². The Morgan fingerprint density at radius 3 is 2.80 bits per heavy atom. The number of anilines is 1. The maximum absolute atomic E-state index is 5.89. The van der Waals surface area contributed by atoms with Crippen molar-refractivity contribution in [1.29, 1.82) is 0 Å². The molecule has 0 amide bonds. The van der Waals surface area contributed by atoms with Gasteiger partial charge in [-0.1, -0.05) is 32.5 Å². The second kappa shape index (κ2) is 7.02. The van der Waals surface area contributed by atoms with Gasteiger partial charge in [-0.15, -0.1) is 0 Å². The van der Waals surface area contributed by atoms with Gasteiger partial charge in [0.05, 0.1) is 5.56 Å². The number of rotatable bonds is 6. The number of aromatic nitrogens is 1. The summed E-state index contributed by atoms with van der Waals surface area (Å²) in [6.07, 6.45) is 8.05. The Kier molecular flexibility index (Phi) is 5.35. The van der Waals surface area contributed by atoms with Gasteiger partial charge in [0.2, 0.25) is 0 Å². The molecule has 2 rings (SSSR count). The van der Waals surface area contributed by atoms with Crippen LogP contribution in [0.3, 0.4) is 0 Å². The van der Waals surface area contributed by atoms with E-state index < -0.39 is 0 Å². The fourth-order valence-electron chi connectivity index (χ4n) is 2.85. The monoisotopic (exact) mass is 291 g/mol. The molecule has 4 heteroatoms. The van der Waals surface area contributed by atoms with Crippen LogP contribution in [0, 0.1) is 0 Å². The highest BCUT2D eigenvalue weighted by molar-refractivity contribution is 7.80. The van der Waals surface area contributed by atoms with Crippen LogP contribution in [0.4, 0.5) is 5.82 Å². The fourth-order valence-corrected chi connectivity index (χ4v) is 3.01.